The lowest BCUT2D eigenvalue weighted by atomic mass is 10.0. The van der Waals surface area contributed by atoms with E-state index in [1.54, 1.807) is 42.5 Å². The number of fused-ring (bicyclic) bond motifs is 2. The average Bonchev–Trinajstić information content (AvgIpc) is 3.11. The van der Waals surface area contributed by atoms with Crippen LogP contribution < -0.4 is 16.3 Å². The monoisotopic (exact) mass is 487 g/mol. The maximum absolute atomic E-state index is 12.9. The van der Waals surface area contributed by atoms with Gasteiger partial charge in [-0.1, -0.05) is 24.3 Å². The summed E-state index contributed by atoms with van der Waals surface area (Å²) in [6.45, 7) is 0.293. The maximum atomic E-state index is 12.9. The van der Waals surface area contributed by atoms with E-state index in [0.717, 1.165) is 10.5 Å². The van der Waals surface area contributed by atoms with Crippen molar-refractivity contribution in [2.45, 2.75) is 31.7 Å². The molecule has 5 rings (SSSR count). The van der Waals surface area contributed by atoms with E-state index < -0.39 is 41.2 Å². The Kier molecular flexibility index (Phi) is 5.93. The summed E-state index contributed by atoms with van der Waals surface area (Å²) in [5.41, 5.74) is 0.630. The number of carbonyl (C=O) groups is 5. The number of rotatable bonds is 6. The van der Waals surface area contributed by atoms with Gasteiger partial charge in [0.25, 0.3) is 17.7 Å². The summed E-state index contributed by atoms with van der Waals surface area (Å²) in [5.74, 6) is -2.78. The second kappa shape index (κ2) is 9.21. The minimum absolute atomic E-state index is 0.0589. The zero-order valence-electron chi connectivity index (χ0n) is 19.0. The molecule has 1 aromatic heterocycles. The van der Waals surface area contributed by atoms with E-state index >= 15 is 0 Å². The number of hydrogen-bond acceptors (Lipinski definition) is 7. The lowest BCUT2D eigenvalue weighted by Crippen LogP contribution is -2.54. The molecule has 0 bridgehead atoms. The lowest BCUT2D eigenvalue weighted by molar-refractivity contribution is -0.136. The second-order valence-electron chi connectivity index (χ2n) is 8.67. The Morgan fingerprint density at radius 2 is 1.78 bits per heavy atom. The molecule has 36 heavy (non-hydrogen) atoms. The first-order valence-corrected chi connectivity index (χ1v) is 11.5. The first-order chi connectivity index (χ1) is 17.3. The fraction of sp³-hybridized carbons (Fsp3) is 0.231. The van der Waals surface area contributed by atoms with Gasteiger partial charge in [-0.2, -0.15) is 0 Å². The Hall–Kier alpha value is -4.60. The van der Waals surface area contributed by atoms with Gasteiger partial charge in [-0.3, -0.25) is 34.2 Å². The van der Waals surface area contributed by atoms with Crippen LogP contribution >= 0.6 is 0 Å². The van der Waals surface area contributed by atoms with Gasteiger partial charge in [0.2, 0.25) is 11.8 Å². The van der Waals surface area contributed by atoms with Crippen LogP contribution in [0.3, 0.4) is 0 Å². The van der Waals surface area contributed by atoms with Crippen molar-refractivity contribution in [3.63, 3.8) is 0 Å². The molecule has 5 amide bonds. The van der Waals surface area contributed by atoms with Crippen LogP contribution in [0, 0.1) is 0 Å². The second-order valence-corrected chi connectivity index (χ2v) is 8.67. The molecule has 10 heteroatoms. The number of hydrogen-bond donors (Lipinski definition) is 2. The normalized spacial score (nSPS) is 17.3. The van der Waals surface area contributed by atoms with E-state index in [-0.39, 0.29) is 29.7 Å². The van der Waals surface area contributed by atoms with Gasteiger partial charge in [0.05, 0.1) is 16.5 Å². The zero-order valence-corrected chi connectivity index (χ0v) is 19.0. The van der Waals surface area contributed by atoms with Crippen LogP contribution in [0.5, 0.6) is 0 Å². The maximum Gasteiger partial charge on any atom is 0.344 e. The molecule has 2 N–H and O–H groups in total. The molecule has 1 unspecified atom stereocenters. The summed E-state index contributed by atoms with van der Waals surface area (Å²) in [6, 6.07) is 12.2. The first-order valence-electron chi connectivity index (χ1n) is 11.5. The Bertz CT molecular complexity index is 1510. The van der Waals surface area contributed by atoms with Gasteiger partial charge in [-0.15, -0.1) is 0 Å². The molecule has 1 atom stereocenters. The minimum atomic E-state index is -1.01. The van der Waals surface area contributed by atoms with Crippen molar-refractivity contribution in [2.24, 2.45) is 0 Å². The van der Waals surface area contributed by atoms with Gasteiger partial charge in [0.15, 0.2) is 5.76 Å². The highest BCUT2D eigenvalue weighted by Crippen LogP contribution is 2.28. The van der Waals surface area contributed by atoms with E-state index in [0.29, 0.717) is 30.2 Å². The number of amides is 5. The molecule has 2 aliphatic heterocycles. The molecule has 0 saturated carbocycles. The number of nitrogens with zero attached hydrogens (tertiary/aromatic N) is 1. The van der Waals surface area contributed by atoms with Crippen molar-refractivity contribution in [2.75, 3.05) is 6.54 Å². The van der Waals surface area contributed by atoms with Crippen LogP contribution in [-0.4, -0.2) is 47.0 Å². The Morgan fingerprint density at radius 1 is 1.00 bits per heavy atom. The van der Waals surface area contributed by atoms with Crippen molar-refractivity contribution in [3.05, 3.63) is 81.4 Å². The third kappa shape index (κ3) is 4.17. The van der Waals surface area contributed by atoms with Crippen molar-refractivity contribution >= 4 is 40.3 Å². The molecule has 1 saturated heterocycles. The Balaban J connectivity index is 1.20. The van der Waals surface area contributed by atoms with Crippen molar-refractivity contribution < 1.29 is 28.4 Å². The topological polar surface area (TPSA) is 143 Å². The number of aryl methyl sites for hydroxylation is 1. The predicted molar refractivity (Wildman–Crippen MR) is 126 cm³/mol. The molecular weight excluding hydrogens is 466 g/mol. The summed E-state index contributed by atoms with van der Waals surface area (Å²) in [4.78, 5) is 74.7. The molecule has 3 heterocycles. The van der Waals surface area contributed by atoms with Gasteiger partial charge in [0.1, 0.15) is 6.04 Å². The molecule has 182 valence electrons. The van der Waals surface area contributed by atoms with Gasteiger partial charge in [0, 0.05) is 13.0 Å². The summed E-state index contributed by atoms with van der Waals surface area (Å²) >= 11 is 0. The molecule has 0 spiro atoms. The number of piperidine rings is 1. The Morgan fingerprint density at radius 3 is 2.58 bits per heavy atom. The largest absolute Gasteiger partial charge is 0.417 e. The highest BCUT2D eigenvalue weighted by molar-refractivity contribution is 6.23. The molecule has 2 aromatic carbocycles. The van der Waals surface area contributed by atoms with Crippen molar-refractivity contribution in [3.8, 4) is 0 Å². The summed E-state index contributed by atoms with van der Waals surface area (Å²) in [6.07, 6.45) is 1.19. The summed E-state index contributed by atoms with van der Waals surface area (Å²) in [5, 5.41) is 5.90. The number of benzene rings is 2. The fourth-order valence-corrected chi connectivity index (χ4v) is 4.50. The molecule has 10 nitrogen and oxygen atoms in total. The van der Waals surface area contributed by atoms with Crippen LogP contribution in [0.1, 0.15) is 56.1 Å². The molecular formula is C26H21N3O7. The highest BCUT2D eigenvalue weighted by Gasteiger charge is 2.44. The number of imide groups is 2. The number of carbonyl (C=O) groups excluding carboxylic acids is 5. The van der Waals surface area contributed by atoms with Gasteiger partial charge < -0.3 is 9.73 Å². The smallest absolute Gasteiger partial charge is 0.344 e. The van der Waals surface area contributed by atoms with Gasteiger partial charge in [-0.05, 0) is 54.5 Å². The third-order valence-electron chi connectivity index (χ3n) is 6.33. The van der Waals surface area contributed by atoms with Crippen molar-refractivity contribution in [1.82, 2.24) is 15.5 Å². The van der Waals surface area contributed by atoms with Crippen LogP contribution in [0.15, 0.2) is 57.7 Å². The van der Waals surface area contributed by atoms with Crippen LogP contribution in [0.25, 0.3) is 10.8 Å². The summed E-state index contributed by atoms with van der Waals surface area (Å²) in [7, 11) is 0. The molecule has 3 aromatic rings. The van der Waals surface area contributed by atoms with E-state index in [2.05, 4.69) is 10.6 Å². The average molecular weight is 487 g/mol. The standard InChI is InChI=1S/C26H21N3O7/c30-21-10-9-19(22(31)28-21)29-24(33)17-8-7-14(12-18(17)25(29)34)4-3-11-27-23(32)20-13-15-5-1-2-6-16(15)26(35)36-20/h1-2,5-8,12-13,19H,3-4,9-11H2,(H,27,32)(H,28,30,31). The van der Waals surface area contributed by atoms with E-state index in [9.17, 15) is 28.8 Å². The number of nitrogens with one attached hydrogen (secondary N) is 2. The van der Waals surface area contributed by atoms with Crippen LogP contribution in [0.4, 0.5) is 0 Å². The van der Waals surface area contributed by atoms with E-state index in [1.165, 1.54) is 6.07 Å². The SMILES string of the molecule is O=C1CCC(N2C(=O)c3ccc(CCCNC(=O)c4cc5ccccc5c(=O)o4)cc3C2=O)C(=O)N1. The van der Waals surface area contributed by atoms with Gasteiger partial charge in [-0.25, -0.2) is 4.79 Å². The fourth-order valence-electron chi connectivity index (χ4n) is 4.50. The minimum Gasteiger partial charge on any atom is -0.417 e. The van der Waals surface area contributed by atoms with E-state index in [4.69, 9.17) is 4.42 Å². The lowest BCUT2D eigenvalue weighted by Gasteiger charge is -2.27. The third-order valence-corrected chi connectivity index (χ3v) is 6.33. The van der Waals surface area contributed by atoms with Gasteiger partial charge >= 0.3 is 5.63 Å². The molecule has 0 aliphatic carbocycles. The quantitative estimate of drug-likeness (QED) is 0.397. The van der Waals surface area contributed by atoms with Crippen LogP contribution in [0.2, 0.25) is 0 Å². The molecule has 0 radical (unpaired) electrons. The summed E-state index contributed by atoms with van der Waals surface area (Å²) < 4.78 is 5.12. The predicted octanol–water partition coefficient (Wildman–Crippen LogP) is 1.56. The molecule has 1 fully saturated rings. The zero-order chi connectivity index (χ0) is 25.4. The highest BCUT2D eigenvalue weighted by atomic mass is 16.4. The first kappa shape index (κ1) is 23.2. The Labute approximate surface area is 204 Å². The van der Waals surface area contributed by atoms with Crippen molar-refractivity contribution in [1.29, 1.82) is 0 Å². The van der Waals surface area contributed by atoms with E-state index in [1.807, 2.05) is 0 Å². The van der Waals surface area contributed by atoms with Crippen LogP contribution in [-0.2, 0) is 16.0 Å². The molecule has 2 aliphatic rings.